The molecule has 0 aromatic carbocycles. The second kappa shape index (κ2) is 7.35. The van der Waals surface area contributed by atoms with Crippen LogP contribution in [0.15, 0.2) is 52.8 Å². The molecule has 2 N–H and O–H groups in total. The van der Waals surface area contributed by atoms with Crippen LogP contribution in [0.1, 0.15) is 27.7 Å². The molecule has 3 heterocycles. The minimum atomic E-state index is 0.804. The Balaban J connectivity index is 1.95. The van der Waals surface area contributed by atoms with Gasteiger partial charge in [0, 0.05) is 23.3 Å². The quantitative estimate of drug-likeness (QED) is 0.561. The molecule has 26 heavy (non-hydrogen) atoms. The summed E-state index contributed by atoms with van der Waals surface area (Å²) in [6, 6.07) is 5.89. The molecule has 3 aromatic heterocycles. The zero-order chi connectivity index (χ0) is 18.7. The molecular formula is C21H23N5. The summed E-state index contributed by atoms with van der Waals surface area (Å²) in [4.78, 5) is 12.0. The van der Waals surface area contributed by atoms with Crippen molar-refractivity contribution in [2.45, 2.75) is 27.7 Å². The number of nitrogens with zero attached hydrogens (tertiary/aromatic N) is 3. The molecule has 0 atom stereocenters. The molecule has 0 aliphatic heterocycles. The van der Waals surface area contributed by atoms with Gasteiger partial charge >= 0.3 is 0 Å². The first-order valence-electron chi connectivity index (χ1n) is 8.50. The molecular weight excluding hydrogens is 322 g/mol. The van der Waals surface area contributed by atoms with E-state index in [1.165, 1.54) is 0 Å². The number of hydrogen-bond acceptors (Lipinski definition) is 3. The highest BCUT2D eigenvalue weighted by Crippen LogP contribution is 2.17. The number of H-pyrrole nitrogens is 2. The average Bonchev–Trinajstić information content (AvgIpc) is 3.20. The van der Waals surface area contributed by atoms with Crippen molar-refractivity contribution in [3.8, 4) is 11.4 Å². The lowest BCUT2D eigenvalue weighted by Crippen LogP contribution is -2.21. The molecule has 0 saturated heterocycles. The van der Waals surface area contributed by atoms with E-state index in [4.69, 9.17) is 0 Å². The Morgan fingerprint density at radius 2 is 2.00 bits per heavy atom. The van der Waals surface area contributed by atoms with Crippen molar-refractivity contribution in [1.82, 2.24) is 20.2 Å². The Morgan fingerprint density at radius 1 is 1.19 bits per heavy atom. The Hall–Kier alpha value is -3.21. The molecule has 0 unspecified atom stereocenters. The number of pyridine rings is 1. The Labute approximate surface area is 152 Å². The smallest absolute Gasteiger partial charge is 0.116 e. The fourth-order valence-corrected chi connectivity index (χ4v) is 2.49. The van der Waals surface area contributed by atoms with Crippen molar-refractivity contribution in [3.05, 3.63) is 58.4 Å². The van der Waals surface area contributed by atoms with Crippen LogP contribution in [0.3, 0.4) is 0 Å². The van der Waals surface area contributed by atoms with Gasteiger partial charge in [0.1, 0.15) is 5.69 Å². The number of rotatable bonds is 4. The highest BCUT2D eigenvalue weighted by Gasteiger charge is 2.07. The molecule has 0 aliphatic rings. The lowest BCUT2D eigenvalue weighted by Gasteiger charge is -1.97. The van der Waals surface area contributed by atoms with Crippen LogP contribution < -0.4 is 10.6 Å². The lowest BCUT2D eigenvalue weighted by molar-refractivity contribution is 1.06. The number of aromatic nitrogens is 4. The molecule has 132 valence electrons. The van der Waals surface area contributed by atoms with Gasteiger partial charge in [0.15, 0.2) is 0 Å². The zero-order valence-electron chi connectivity index (χ0n) is 15.6. The number of fused-ring (bicyclic) bond motifs is 1. The highest BCUT2D eigenvalue weighted by molar-refractivity contribution is 5.81. The minimum Gasteiger partial charge on any atom is -0.352 e. The van der Waals surface area contributed by atoms with Crippen LogP contribution in [-0.2, 0) is 0 Å². The molecule has 5 heteroatoms. The van der Waals surface area contributed by atoms with E-state index >= 15 is 0 Å². The fourth-order valence-electron chi connectivity index (χ4n) is 2.49. The van der Waals surface area contributed by atoms with E-state index < -0.39 is 0 Å². The molecule has 3 rings (SSSR count). The summed E-state index contributed by atoms with van der Waals surface area (Å²) in [5.74, 6) is 0. The standard InChI is InChI=1S/C21H23N5/c1-13(2)23-12-15(4)14(3)8-9-17-16(5)21(26-25-17)20-11-19-18(24-20)7-6-10-22-19/h6-12,24-25H,5H2,1-4H3/b14-8+,15-12+,17-9+. The van der Waals surface area contributed by atoms with Crippen LogP contribution in [0.25, 0.3) is 35.1 Å². The molecule has 0 bridgehead atoms. The molecule has 0 radical (unpaired) electrons. The predicted molar refractivity (Wildman–Crippen MR) is 109 cm³/mol. The molecule has 0 fully saturated rings. The third kappa shape index (κ3) is 3.72. The molecule has 5 nitrogen and oxygen atoms in total. The topological polar surface area (TPSA) is 69.7 Å². The maximum absolute atomic E-state index is 4.42. The first kappa shape index (κ1) is 17.6. The van der Waals surface area contributed by atoms with Crippen LogP contribution in [-0.4, -0.2) is 25.9 Å². The van der Waals surface area contributed by atoms with Gasteiger partial charge in [-0.25, -0.2) is 0 Å². The predicted octanol–water partition coefficient (Wildman–Crippen LogP) is 3.47. The van der Waals surface area contributed by atoms with Gasteiger partial charge in [0.25, 0.3) is 0 Å². The number of hydrogen-bond donors (Lipinski definition) is 2. The number of nitrogens with one attached hydrogen (secondary N) is 2. The molecule has 3 aromatic rings. The van der Waals surface area contributed by atoms with E-state index in [0.29, 0.717) is 0 Å². The van der Waals surface area contributed by atoms with Crippen molar-refractivity contribution >= 4 is 29.4 Å². The molecule has 0 saturated carbocycles. The van der Waals surface area contributed by atoms with Crippen molar-refractivity contribution in [3.63, 3.8) is 0 Å². The van der Waals surface area contributed by atoms with E-state index in [1.54, 1.807) is 6.20 Å². The normalized spacial score (nSPS) is 13.5. The Kier molecular flexibility index (Phi) is 4.98. The molecule has 0 aliphatic carbocycles. The first-order chi connectivity index (χ1) is 12.5. The minimum absolute atomic E-state index is 0.804. The van der Waals surface area contributed by atoms with Gasteiger partial charge < -0.3 is 4.98 Å². The summed E-state index contributed by atoms with van der Waals surface area (Å²) in [6.45, 7) is 12.3. The lowest BCUT2D eigenvalue weighted by atomic mass is 10.1. The maximum Gasteiger partial charge on any atom is 0.116 e. The average molecular weight is 345 g/mol. The number of aliphatic imine (C=N–C) groups is 1. The Bertz CT molecular complexity index is 1100. The van der Waals surface area contributed by atoms with E-state index in [0.717, 1.165) is 49.8 Å². The van der Waals surface area contributed by atoms with Crippen molar-refractivity contribution < 1.29 is 0 Å². The van der Waals surface area contributed by atoms with E-state index in [2.05, 4.69) is 38.7 Å². The van der Waals surface area contributed by atoms with Gasteiger partial charge in [0.2, 0.25) is 0 Å². The van der Waals surface area contributed by atoms with E-state index in [9.17, 15) is 0 Å². The zero-order valence-corrected chi connectivity index (χ0v) is 15.6. The second-order valence-corrected chi connectivity index (χ2v) is 6.49. The summed E-state index contributed by atoms with van der Waals surface area (Å²) >= 11 is 0. The van der Waals surface area contributed by atoms with Gasteiger partial charge in [-0.15, -0.1) is 0 Å². The Morgan fingerprint density at radius 3 is 2.73 bits per heavy atom. The summed E-state index contributed by atoms with van der Waals surface area (Å²) in [5.41, 5.74) is 6.90. The number of aromatic amines is 2. The largest absolute Gasteiger partial charge is 0.352 e. The summed E-state index contributed by atoms with van der Waals surface area (Å²) in [5, 5.41) is 9.22. The van der Waals surface area contributed by atoms with Gasteiger partial charge in [-0.1, -0.05) is 12.7 Å². The second-order valence-electron chi connectivity index (χ2n) is 6.49. The van der Waals surface area contributed by atoms with E-state index in [1.807, 2.05) is 57.3 Å². The summed E-state index contributed by atoms with van der Waals surface area (Å²) in [6.07, 6.45) is 7.71. The fraction of sp³-hybridized carbons (Fsp3) is 0.190. The maximum atomic E-state index is 4.42. The number of allylic oxidation sites excluding steroid dienone is 3. The monoisotopic (exact) mass is 345 g/mol. The SMILES string of the molecule is C=c1c(-c2cc3ncccc3[nH]2)n[nH]/c1=C/C=C(C)/C(C)=C/N=C(C)C. The van der Waals surface area contributed by atoms with Crippen LogP contribution >= 0.6 is 0 Å². The van der Waals surface area contributed by atoms with Crippen LogP contribution in [0.4, 0.5) is 0 Å². The van der Waals surface area contributed by atoms with Gasteiger partial charge in [-0.05, 0) is 63.1 Å². The van der Waals surface area contributed by atoms with Crippen molar-refractivity contribution in [2.75, 3.05) is 0 Å². The van der Waals surface area contributed by atoms with Crippen LogP contribution in [0.2, 0.25) is 0 Å². The van der Waals surface area contributed by atoms with E-state index in [-0.39, 0.29) is 0 Å². The van der Waals surface area contributed by atoms with Gasteiger partial charge in [-0.3, -0.25) is 15.1 Å². The van der Waals surface area contributed by atoms with Gasteiger partial charge in [-0.2, -0.15) is 5.10 Å². The summed E-state index contributed by atoms with van der Waals surface area (Å²) in [7, 11) is 0. The molecule has 0 spiro atoms. The van der Waals surface area contributed by atoms with Crippen molar-refractivity contribution in [1.29, 1.82) is 0 Å². The third-order valence-electron chi connectivity index (χ3n) is 4.18. The van der Waals surface area contributed by atoms with Crippen LogP contribution in [0, 0.1) is 0 Å². The van der Waals surface area contributed by atoms with Gasteiger partial charge in [0.05, 0.1) is 22.1 Å². The highest BCUT2D eigenvalue weighted by atomic mass is 15.1. The summed E-state index contributed by atoms with van der Waals surface area (Å²) < 4.78 is 0. The van der Waals surface area contributed by atoms with Crippen LogP contribution in [0.5, 0.6) is 0 Å². The third-order valence-corrected chi connectivity index (χ3v) is 4.18. The first-order valence-corrected chi connectivity index (χ1v) is 8.50. The molecule has 0 amide bonds. The van der Waals surface area contributed by atoms with Crippen molar-refractivity contribution in [2.24, 2.45) is 4.99 Å².